The summed E-state index contributed by atoms with van der Waals surface area (Å²) in [6.07, 6.45) is 0.0784. The van der Waals surface area contributed by atoms with Crippen LogP contribution in [-0.4, -0.2) is 29.9 Å². The number of aliphatic carboxylic acids is 1. The van der Waals surface area contributed by atoms with E-state index in [2.05, 4.69) is 0 Å². The SMILES string of the molecule is O=C(O)Cc1ccc(-c2ccccc2)cc1.[LiH]. The fraction of sp³-hybridized carbons (Fsp3) is 0.0714. The van der Waals surface area contributed by atoms with Crippen LogP contribution in [0.3, 0.4) is 0 Å². The second kappa shape index (κ2) is 6.29. The number of benzene rings is 2. The third kappa shape index (κ3) is 3.78. The van der Waals surface area contributed by atoms with E-state index in [0.29, 0.717) is 0 Å². The van der Waals surface area contributed by atoms with Gasteiger partial charge in [-0.15, -0.1) is 0 Å². The molecular formula is C14H13LiO2. The van der Waals surface area contributed by atoms with Gasteiger partial charge in [-0.1, -0.05) is 54.6 Å². The minimum atomic E-state index is -0.799. The van der Waals surface area contributed by atoms with Crippen LogP contribution in [0, 0.1) is 0 Å². The number of hydrogen-bond donors (Lipinski definition) is 1. The molecule has 1 N–H and O–H groups in total. The molecule has 82 valence electrons. The van der Waals surface area contributed by atoms with E-state index < -0.39 is 5.97 Å². The Labute approximate surface area is 112 Å². The second-order valence-electron chi connectivity index (χ2n) is 3.63. The fourth-order valence-corrected chi connectivity index (χ4v) is 1.62. The summed E-state index contributed by atoms with van der Waals surface area (Å²) in [4.78, 5) is 10.5. The van der Waals surface area contributed by atoms with Gasteiger partial charge >= 0.3 is 24.8 Å². The van der Waals surface area contributed by atoms with Gasteiger partial charge in [-0.3, -0.25) is 4.79 Å². The number of carboxylic acid groups (broad SMARTS) is 1. The van der Waals surface area contributed by atoms with Crippen molar-refractivity contribution in [1.29, 1.82) is 0 Å². The third-order valence-electron chi connectivity index (χ3n) is 2.42. The molecule has 2 aromatic rings. The summed E-state index contributed by atoms with van der Waals surface area (Å²) in [5.74, 6) is -0.799. The molecule has 0 bridgehead atoms. The third-order valence-corrected chi connectivity index (χ3v) is 2.42. The number of carbonyl (C=O) groups is 1. The van der Waals surface area contributed by atoms with Crippen LogP contribution in [0.25, 0.3) is 11.1 Å². The number of rotatable bonds is 3. The molecule has 0 aliphatic rings. The zero-order chi connectivity index (χ0) is 11.4. The first-order chi connectivity index (χ1) is 7.75. The Bertz CT molecular complexity index is 477. The molecule has 0 aliphatic heterocycles. The van der Waals surface area contributed by atoms with Gasteiger partial charge in [0.15, 0.2) is 0 Å². The van der Waals surface area contributed by atoms with E-state index in [1.165, 1.54) is 0 Å². The molecule has 0 saturated heterocycles. The van der Waals surface area contributed by atoms with Gasteiger partial charge in [0.05, 0.1) is 6.42 Å². The van der Waals surface area contributed by atoms with E-state index in [9.17, 15) is 4.79 Å². The van der Waals surface area contributed by atoms with Crippen LogP contribution in [0.4, 0.5) is 0 Å². The Morgan fingerprint density at radius 3 is 1.94 bits per heavy atom. The van der Waals surface area contributed by atoms with Crippen molar-refractivity contribution >= 4 is 24.8 Å². The quantitative estimate of drug-likeness (QED) is 0.806. The Morgan fingerprint density at radius 2 is 1.41 bits per heavy atom. The molecule has 2 rings (SSSR count). The molecule has 0 saturated carbocycles. The predicted molar refractivity (Wildman–Crippen MR) is 70.4 cm³/mol. The molecule has 0 heterocycles. The van der Waals surface area contributed by atoms with Crippen molar-refractivity contribution in [2.75, 3.05) is 0 Å². The van der Waals surface area contributed by atoms with Crippen LogP contribution >= 0.6 is 0 Å². The molecule has 2 nitrogen and oxygen atoms in total. The van der Waals surface area contributed by atoms with Crippen LogP contribution in [0.15, 0.2) is 54.6 Å². The van der Waals surface area contributed by atoms with E-state index in [-0.39, 0.29) is 25.3 Å². The average Bonchev–Trinajstić information content (AvgIpc) is 2.30. The first-order valence-corrected chi connectivity index (χ1v) is 5.12. The zero-order valence-corrected chi connectivity index (χ0v) is 8.76. The van der Waals surface area contributed by atoms with Crippen molar-refractivity contribution in [1.82, 2.24) is 0 Å². The Balaban J connectivity index is 0.00000144. The average molecular weight is 220 g/mol. The summed E-state index contributed by atoms with van der Waals surface area (Å²) in [6.45, 7) is 0. The van der Waals surface area contributed by atoms with E-state index >= 15 is 0 Å². The van der Waals surface area contributed by atoms with E-state index in [4.69, 9.17) is 5.11 Å². The first-order valence-electron chi connectivity index (χ1n) is 5.12. The van der Waals surface area contributed by atoms with Crippen molar-refractivity contribution in [3.05, 3.63) is 60.2 Å². The Kier molecular flexibility index (Phi) is 5.02. The van der Waals surface area contributed by atoms with Crippen molar-refractivity contribution in [2.45, 2.75) is 6.42 Å². The zero-order valence-electron chi connectivity index (χ0n) is 8.76. The maximum atomic E-state index is 10.5. The molecule has 17 heavy (non-hydrogen) atoms. The molecule has 0 aromatic heterocycles. The maximum absolute atomic E-state index is 10.5. The topological polar surface area (TPSA) is 37.3 Å². The number of hydrogen-bond acceptors (Lipinski definition) is 1. The summed E-state index contributed by atoms with van der Waals surface area (Å²) >= 11 is 0. The molecule has 0 atom stereocenters. The summed E-state index contributed by atoms with van der Waals surface area (Å²) < 4.78 is 0. The molecule has 0 amide bonds. The van der Waals surface area contributed by atoms with Gasteiger partial charge < -0.3 is 5.11 Å². The normalized spacial score (nSPS) is 9.41. The monoisotopic (exact) mass is 220 g/mol. The van der Waals surface area contributed by atoms with Crippen molar-refractivity contribution in [2.24, 2.45) is 0 Å². The van der Waals surface area contributed by atoms with Gasteiger partial charge in [0.2, 0.25) is 0 Å². The molecule has 0 aliphatic carbocycles. The van der Waals surface area contributed by atoms with Crippen LogP contribution in [-0.2, 0) is 11.2 Å². The second-order valence-corrected chi connectivity index (χ2v) is 3.63. The standard InChI is InChI=1S/C14H12O2.Li.H/c15-14(16)10-11-6-8-13(9-7-11)12-4-2-1-3-5-12;;/h1-9H,10H2,(H,15,16);;. The van der Waals surface area contributed by atoms with Gasteiger partial charge in [-0.05, 0) is 16.7 Å². The van der Waals surface area contributed by atoms with Crippen LogP contribution in [0.1, 0.15) is 5.56 Å². The molecule has 3 heteroatoms. The molecule has 0 radical (unpaired) electrons. The molecule has 0 spiro atoms. The van der Waals surface area contributed by atoms with Crippen molar-refractivity contribution in [3.8, 4) is 11.1 Å². The van der Waals surface area contributed by atoms with Gasteiger partial charge in [0.1, 0.15) is 0 Å². The van der Waals surface area contributed by atoms with Gasteiger partial charge in [-0.25, -0.2) is 0 Å². The summed E-state index contributed by atoms with van der Waals surface area (Å²) in [7, 11) is 0. The van der Waals surface area contributed by atoms with E-state index in [0.717, 1.165) is 16.7 Å². The van der Waals surface area contributed by atoms with Gasteiger partial charge in [-0.2, -0.15) is 0 Å². The van der Waals surface area contributed by atoms with E-state index in [1.54, 1.807) is 0 Å². The molecule has 0 fully saturated rings. The molecule has 2 aromatic carbocycles. The van der Waals surface area contributed by atoms with Crippen molar-refractivity contribution in [3.63, 3.8) is 0 Å². The van der Waals surface area contributed by atoms with Crippen LogP contribution in [0.5, 0.6) is 0 Å². The summed E-state index contributed by atoms with van der Waals surface area (Å²) in [5, 5.41) is 8.65. The van der Waals surface area contributed by atoms with E-state index in [1.807, 2.05) is 54.6 Å². The van der Waals surface area contributed by atoms with Crippen LogP contribution in [0.2, 0.25) is 0 Å². The minimum absolute atomic E-state index is 0. The Hall–Kier alpha value is -1.49. The summed E-state index contributed by atoms with van der Waals surface area (Å²) in [5.41, 5.74) is 3.08. The summed E-state index contributed by atoms with van der Waals surface area (Å²) in [6, 6.07) is 17.6. The van der Waals surface area contributed by atoms with Gasteiger partial charge in [0, 0.05) is 0 Å². The molecule has 0 unspecified atom stereocenters. The first kappa shape index (κ1) is 13.6. The Morgan fingerprint density at radius 1 is 0.882 bits per heavy atom. The van der Waals surface area contributed by atoms with Gasteiger partial charge in [0.25, 0.3) is 0 Å². The van der Waals surface area contributed by atoms with Crippen molar-refractivity contribution < 1.29 is 9.90 Å². The predicted octanol–water partition coefficient (Wildman–Crippen LogP) is 2.33. The number of carboxylic acids is 1. The van der Waals surface area contributed by atoms with Crippen LogP contribution < -0.4 is 0 Å². The molecular weight excluding hydrogens is 207 g/mol. The fourth-order valence-electron chi connectivity index (χ4n) is 1.62.